The quantitative estimate of drug-likeness (QED) is 0.843. The van der Waals surface area contributed by atoms with Crippen molar-refractivity contribution in [3.05, 3.63) is 33.4 Å². The molecule has 0 spiro atoms. The van der Waals surface area contributed by atoms with E-state index in [0.29, 0.717) is 6.04 Å². The summed E-state index contributed by atoms with van der Waals surface area (Å²) < 4.78 is 1.03. The molecule has 0 bridgehead atoms. The van der Waals surface area contributed by atoms with Crippen molar-refractivity contribution in [3.8, 4) is 0 Å². The number of carbonyl (C=O) groups is 1. The lowest BCUT2D eigenvalue weighted by atomic mass is 10.0. The first-order valence-electron chi connectivity index (χ1n) is 6.50. The molecule has 1 aliphatic rings. The van der Waals surface area contributed by atoms with Crippen LogP contribution < -0.4 is 5.32 Å². The van der Waals surface area contributed by atoms with Crippen molar-refractivity contribution < 1.29 is 4.79 Å². The molecule has 1 unspecified atom stereocenters. The van der Waals surface area contributed by atoms with Gasteiger partial charge in [0.15, 0.2) is 0 Å². The highest BCUT2D eigenvalue weighted by Gasteiger charge is 2.25. The van der Waals surface area contributed by atoms with Crippen molar-refractivity contribution in [3.63, 3.8) is 0 Å². The monoisotopic (exact) mass is 358 g/mol. The molecule has 1 fully saturated rings. The number of carbonyl (C=O) groups excluding carboxylic acids is 1. The first-order chi connectivity index (χ1) is 8.74. The number of rotatable bonds is 3. The fourth-order valence-electron chi connectivity index (χ4n) is 2.46. The molecule has 1 saturated heterocycles. The lowest BCUT2D eigenvalue weighted by Gasteiger charge is -2.34. The van der Waals surface area contributed by atoms with Crippen LogP contribution in [0.1, 0.15) is 30.1 Å². The second kappa shape index (κ2) is 6.52. The van der Waals surface area contributed by atoms with Crippen molar-refractivity contribution in [2.45, 2.75) is 25.8 Å². The van der Waals surface area contributed by atoms with E-state index in [-0.39, 0.29) is 5.91 Å². The minimum Gasteiger partial charge on any atom is -0.335 e. The molecule has 0 saturated carbocycles. The predicted octanol–water partition coefficient (Wildman–Crippen LogP) is 2.51. The van der Waals surface area contributed by atoms with E-state index in [1.54, 1.807) is 0 Å². The Kier molecular flexibility index (Phi) is 5.00. The number of nitrogens with one attached hydrogen (secondary N) is 1. The molecule has 1 amide bonds. The van der Waals surface area contributed by atoms with Crippen molar-refractivity contribution in [2.24, 2.45) is 0 Å². The van der Waals surface area contributed by atoms with E-state index < -0.39 is 0 Å². The molecule has 0 radical (unpaired) electrons. The van der Waals surface area contributed by atoms with Crippen LogP contribution in [0.3, 0.4) is 0 Å². The van der Waals surface area contributed by atoms with Gasteiger partial charge in [-0.3, -0.25) is 4.79 Å². The van der Waals surface area contributed by atoms with Crippen LogP contribution >= 0.6 is 22.6 Å². The van der Waals surface area contributed by atoms with Crippen LogP contribution in [0.2, 0.25) is 0 Å². The second-order valence-corrected chi connectivity index (χ2v) is 5.73. The molecule has 1 heterocycles. The van der Waals surface area contributed by atoms with E-state index in [4.69, 9.17) is 0 Å². The summed E-state index contributed by atoms with van der Waals surface area (Å²) in [5.74, 6) is 0.163. The molecule has 1 atom stereocenters. The Morgan fingerprint density at radius 2 is 2.28 bits per heavy atom. The summed E-state index contributed by atoms with van der Waals surface area (Å²) in [6.07, 6.45) is 2.26. The third-order valence-corrected chi connectivity index (χ3v) is 4.36. The zero-order valence-electron chi connectivity index (χ0n) is 10.7. The fraction of sp³-hybridized carbons (Fsp3) is 0.500. The highest BCUT2D eigenvalue weighted by atomic mass is 127. The van der Waals surface area contributed by atoms with Gasteiger partial charge >= 0.3 is 0 Å². The first-order valence-corrected chi connectivity index (χ1v) is 7.58. The Labute approximate surface area is 122 Å². The van der Waals surface area contributed by atoms with Gasteiger partial charge in [0, 0.05) is 22.7 Å². The molecule has 4 heteroatoms. The number of piperidine rings is 1. The van der Waals surface area contributed by atoms with Gasteiger partial charge in [-0.15, -0.1) is 0 Å². The van der Waals surface area contributed by atoms with Crippen molar-refractivity contribution in [1.82, 2.24) is 10.2 Å². The minimum absolute atomic E-state index is 0.163. The maximum absolute atomic E-state index is 12.6. The van der Waals surface area contributed by atoms with E-state index in [0.717, 1.165) is 41.6 Å². The average Bonchev–Trinajstić information content (AvgIpc) is 2.41. The summed E-state index contributed by atoms with van der Waals surface area (Å²) >= 11 is 2.23. The summed E-state index contributed by atoms with van der Waals surface area (Å²) in [4.78, 5) is 14.6. The molecule has 18 heavy (non-hydrogen) atoms. The van der Waals surface area contributed by atoms with E-state index in [9.17, 15) is 4.79 Å². The Bertz CT molecular complexity index is 416. The van der Waals surface area contributed by atoms with Gasteiger partial charge in [0.05, 0.1) is 5.56 Å². The van der Waals surface area contributed by atoms with E-state index in [1.807, 2.05) is 29.2 Å². The number of amides is 1. The van der Waals surface area contributed by atoms with E-state index >= 15 is 0 Å². The van der Waals surface area contributed by atoms with Gasteiger partial charge in [0.2, 0.25) is 0 Å². The number of hydrogen-bond acceptors (Lipinski definition) is 2. The summed E-state index contributed by atoms with van der Waals surface area (Å²) in [6.45, 7) is 4.83. The number of hydrogen-bond donors (Lipinski definition) is 1. The summed E-state index contributed by atoms with van der Waals surface area (Å²) in [6, 6.07) is 8.15. The topological polar surface area (TPSA) is 32.3 Å². The molecule has 0 aromatic heterocycles. The normalized spacial score (nSPS) is 19.6. The third kappa shape index (κ3) is 3.03. The Morgan fingerprint density at radius 1 is 1.50 bits per heavy atom. The lowest BCUT2D eigenvalue weighted by molar-refractivity contribution is 0.0661. The van der Waals surface area contributed by atoms with Gasteiger partial charge in [-0.2, -0.15) is 0 Å². The molecular formula is C14H19IN2O. The van der Waals surface area contributed by atoms with E-state index in [2.05, 4.69) is 34.8 Å². The maximum atomic E-state index is 12.6. The number of halogens is 1. The Hall–Kier alpha value is -0.620. The van der Waals surface area contributed by atoms with Crippen molar-refractivity contribution in [1.29, 1.82) is 0 Å². The summed E-state index contributed by atoms with van der Waals surface area (Å²) in [5.41, 5.74) is 0.825. The second-order valence-electron chi connectivity index (χ2n) is 4.57. The Morgan fingerprint density at radius 3 is 2.89 bits per heavy atom. The Balaban J connectivity index is 2.17. The highest BCUT2D eigenvalue weighted by Crippen LogP contribution is 2.18. The summed E-state index contributed by atoms with van der Waals surface area (Å²) in [5, 5.41) is 3.37. The van der Waals surface area contributed by atoms with Crippen LogP contribution in [0.25, 0.3) is 0 Å². The number of nitrogens with zero attached hydrogens (tertiary/aromatic N) is 1. The van der Waals surface area contributed by atoms with Gasteiger partial charge in [-0.05, 0) is 61.0 Å². The molecule has 98 valence electrons. The standard InChI is InChI=1S/C14H19IN2O/c1-2-17(11-6-5-9-16-10-11)14(18)12-7-3-4-8-13(12)15/h3-4,7-8,11,16H,2,5-6,9-10H2,1H3. The molecule has 2 rings (SSSR count). The van der Waals surface area contributed by atoms with Gasteiger partial charge in [0.1, 0.15) is 0 Å². The molecular weight excluding hydrogens is 339 g/mol. The minimum atomic E-state index is 0.163. The van der Waals surface area contributed by atoms with Gasteiger partial charge in [-0.25, -0.2) is 0 Å². The molecule has 1 aromatic rings. The van der Waals surface area contributed by atoms with Crippen LogP contribution in [-0.4, -0.2) is 36.5 Å². The molecule has 0 aliphatic carbocycles. The lowest BCUT2D eigenvalue weighted by Crippen LogP contribution is -2.48. The van der Waals surface area contributed by atoms with Crippen LogP contribution in [0, 0.1) is 3.57 Å². The third-order valence-electron chi connectivity index (χ3n) is 3.42. The van der Waals surface area contributed by atoms with Crippen molar-refractivity contribution >= 4 is 28.5 Å². The zero-order chi connectivity index (χ0) is 13.0. The van der Waals surface area contributed by atoms with Crippen LogP contribution in [0.15, 0.2) is 24.3 Å². The maximum Gasteiger partial charge on any atom is 0.255 e. The van der Waals surface area contributed by atoms with Crippen LogP contribution in [0.4, 0.5) is 0 Å². The molecule has 3 nitrogen and oxygen atoms in total. The number of benzene rings is 1. The van der Waals surface area contributed by atoms with Gasteiger partial charge < -0.3 is 10.2 Å². The van der Waals surface area contributed by atoms with Crippen LogP contribution in [0.5, 0.6) is 0 Å². The smallest absolute Gasteiger partial charge is 0.255 e. The molecule has 1 N–H and O–H groups in total. The summed E-state index contributed by atoms with van der Waals surface area (Å²) in [7, 11) is 0. The number of likely N-dealkylation sites (N-methyl/N-ethyl adjacent to an activating group) is 1. The first kappa shape index (κ1) is 13.8. The molecule has 1 aromatic carbocycles. The van der Waals surface area contributed by atoms with E-state index in [1.165, 1.54) is 0 Å². The zero-order valence-corrected chi connectivity index (χ0v) is 12.8. The fourth-order valence-corrected chi connectivity index (χ4v) is 3.07. The van der Waals surface area contributed by atoms with Gasteiger partial charge in [0.25, 0.3) is 5.91 Å². The largest absolute Gasteiger partial charge is 0.335 e. The van der Waals surface area contributed by atoms with Crippen LogP contribution in [-0.2, 0) is 0 Å². The highest BCUT2D eigenvalue weighted by molar-refractivity contribution is 14.1. The predicted molar refractivity (Wildman–Crippen MR) is 81.8 cm³/mol. The SMILES string of the molecule is CCN(C(=O)c1ccccc1I)C1CCCNC1. The molecule has 1 aliphatic heterocycles. The average molecular weight is 358 g/mol. The van der Waals surface area contributed by atoms with Crippen molar-refractivity contribution in [2.75, 3.05) is 19.6 Å². The van der Waals surface area contributed by atoms with Gasteiger partial charge in [-0.1, -0.05) is 12.1 Å².